The van der Waals surface area contributed by atoms with Crippen molar-refractivity contribution in [3.63, 3.8) is 0 Å². The molecule has 0 radical (unpaired) electrons. The number of nitro groups is 1. The van der Waals surface area contributed by atoms with E-state index in [0.717, 1.165) is 19.3 Å². The summed E-state index contributed by atoms with van der Waals surface area (Å²) >= 11 is 0. The third-order valence-electron chi connectivity index (χ3n) is 3.61. The highest BCUT2D eigenvalue weighted by atomic mass is 16.6. The van der Waals surface area contributed by atoms with E-state index in [1.54, 1.807) is 18.2 Å². The molecule has 1 N–H and O–H groups in total. The van der Waals surface area contributed by atoms with Crippen LogP contribution in [0.5, 0.6) is 0 Å². The van der Waals surface area contributed by atoms with Crippen LogP contribution in [-0.4, -0.2) is 28.5 Å². The summed E-state index contributed by atoms with van der Waals surface area (Å²) in [5.74, 6) is 0. The van der Waals surface area contributed by atoms with E-state index >= 15 is 0 Å². The Hall–Kier alpha value is -2.53. The SMILES string of the molecule is CC/C=C\C/C=C\C\C=C/C=C\C=C/C=C\CC(O)C(CCC=O)[N+](=O)[O-]. The van der Waals surface area contributed by atoms with Crippen molar-refractivity contribution in [2.45, 2.75) is 57.6 Å². The Morgan fingerprint density at radius 1 is 0.889 bits per heavy atom. The first-order valence-corrected chi connectivity index (χ1v) is 9.33. The van der Waals surface area contributed by atoms with Gasteiger partial charge in [0.15, 0.2) is 0 Å². The van der Waals surface area contributed by atoms with Crippen LogP contribution in [0.3, 0.4) is 0 Å². The van der Waals surface area contributed by atoms with Crippen LogP contribution < -0.4 is 0 Å². The lowest BCUT2D eigenvalue weighted by Gasteiger charge is -2.13. The molecule has 0 amide bonds. The molecule has 5 heteroatoms. The highest BCUT2D eigenvalue weighted by molar-refractivity contribution is 5.49. The lowest BCUT2D eigenvalue weighted by Crippen LogP contribution is -2.33. The second kappa shape index (κ2) is 18.3. The predicted octanol–water partition coefficient (Wildman–Crippen LogP) is 4.89. The van der Waals surface area contributed by atoms with Gasteiger partial charge in [-0.25, -0.2) is 0 Å². The molecule has 0 aromatic rings. The molecule has 0 saturated carbocycles. The molecule has 2 unspecified atom stereocenters. The Balaban J connectivity index is 4.04. The average Bonchev–Trinajstić information content (AvgIpc) is 2.65. The van der Waals surface area contributed by atoms with E-state index < -0.39 is 17.1 Å². The van der Waals surface area contributed by atoms with Gasteiger partial charge in [0, 0.05) is 17.8 Å². The van der Waals surface area contributed by atoms with Crippen LogP contribution in [0.2, 0.25) is 0 Å². The zero-order valence-corrected chi connectivity index (χ0v) is 16.0. The zero-order valence-electron chi connectivity index (χ0n) is 16.0. The maximum Gasteiger partial charge on any atom is 0.239 e. The predicted molar refractivity (Wildman–Crippen MR) is 111 cm³/mol. The number of nitrogens with zero attached hydrogens (tertiary/aromatic N) is 1. The van der Waals surface area contributed by atoms with E-state index in [-0.39, 0.29) is 19.3 Å². The van der Waals surface area contributed by atoms with E-state index in [4.69, 9.17) is 0 Å². The molecular formula is C22H31NO4. The van der Waals surface area contributed by atoms with E-state index in [2.05, 4.69) is 37.3 Å². The number of rotatable bonds is 15. The lowest BCUT2D eigenvalue weighted by molar-refractivity contribution is -0.534. The van der Waals surface area contributed by atoms with Gasteiger partial charge in [-0.2, -0.15) is 0 Å². The Labute approximate surface area is 162 Å². The smallest absolute Gasteiger partial charge is 0.239 e. The topological polar surface area (TPSA) is 80.4 Å². The number of allylic oxidation sites excluding steroid dienone is 11. The van der Waals surface area contributed by atoms with E-state index in [9.17, 15) is 20.0 Å². The van der Waals surface area contributed by atoms with Crippen molar-refractivity contribution in [1.29, 1.82) is 0 Å². The van der Waals surface area contributed by atoms with Crippen molar-refractivity contribution in [3.05, 3.63) is 83.0 Å². The molecule has 0 bridgehead atoms. The van der Waals surface area contributed by atoms with Gasteiger partial charge in [0.1, 0.15) is 12.4 Å². The molecule has 0 aromatic carbocycles. The van der Waals surface area contributed by atoms with Gasteiger partial charge in [-0.3, -0.25) is 10.1 Å². The summed E-state index contributed by atoms with van der Waals surface area (Å²) in [4.78, 5) is 20.7. The van der Waals surface area contributed by atoms with Gasteiger partial charge < -0.3 is 9.90 Å². The second-order valence-corrected chi connectivity index (χ2v) is 5.85. The first kappa shape index (κ1) is 24.5. The molecule has 0 aromatic heterocycles. The summed E-state index contributed by atoms with van der Waals surface area (Å²) in [7, 11) is 0. The molecule has 0 aliphatic heterocycles. The minimum absolute atomic E-state index is 0.0566. The number of aliphatic hydroxyl groups is 1. The van der Waals surface area contributed by atoms with Gasteiger partial charge in [0.25, 0.3) is 0 Å². The van der Waals surface area contributed by atoms with Gasteiger partial charge in [0.05, 0.1) is 0 Å². The average molecular weight is 373 g/mol. The maximum absolute atomic E-state index is 10.9. The molecule has 2 atom stereocenters. The molecule has 0 saturated heterocycles. The van der Waals surface area contributed by atoms with Crippen molar-refractivity contribution >= 4 is 6.29 Å². The third-order valence-corrected chi connectivity index (χ3v) is 3.61. The summed E-state index contributed by atoms with van der Waals surface area (Å²) < 4.78 is 0. The van der Waals surface area contributed by atoms with Gasteiger partial charge in [-0.1, -0.05) is 79.8 Å². The normalized spacial score (nSPS) is 15.2. The second-order valence-electron chi connectivity index (χ2n) is 5.85. The quantitative estimate of drug-likeness (QED) is 0.146. The highest BCUT2D eigenvalue weighted by Gasteiger charge is 2.27. The zero-order chi connectivity index (χ0) is 20.2. The van der Waals surface area contributed by atoms with Crippen LogP contribution in [-0.2, 0) is 4.79 Å². The Morgan fingerprint density at radius 3 is 2.04 bits per heavy atom. The summed E-state index contributed by atoms with van der Waals surface area (Å²) in [6.45, 7) is 2.12. The summed E-state index contributed by atoms with van der Waals surface area (Å²) in [6, 6.07) is -1.11. The molecule has 0 rings (SSSR count). The lowest BCUT2D eigenvalue weighted by atomic mass is 10.0. The third kappa shape index (κ3) is 15.4. The van der Waals surface area contributed by atoms with Gasteiger partial charge in [-0.15, -0.1) is 0 Å². The van der Waals surface area contributed by atoms with E-state index in [1.807, 2.05) is 24.3 Å². The molecule has 0 spiro atoms. The van der Waals surface area contributed by atoms with Crippen LogP contribution in [0, 0.1) is 10.1 Å². The van der Waals surface area contributed by atoms with E-state index in [1.165, 1.54) is 0 Å². The molecule has 0 aliphatic rings. The molecule has 27 heavy (non-hydrogen) atoms. The van der Waals surface area contributed by atoms with Crippen molar-refractivity contribution in [1.82, 2.24) is 0 Å². The fourth-order valence-electron chi connectivity index (χ4n) is 2.16. The monoisotopic (exact) mass is 373 g/mol. The molecule has 5 nitrogen and oxygen atoms in total. The van der Waals surface area contributed by atoms with Gasteiger partial charge in [-0.05, 0) is 25.7 Å². The van der Waals surface area contributed by atoms with Crippen molar-refractivity contribution < 1.29 is 14.8 Å². The Kier molecular flexibility index (Phi) is 16.6. The molecular weight excluding hydrogens is 342 g/mol. The summed E-state index contributed by atoms with van der Waals surface area (Å²) in [5.41, 5.74) is 0. The summed E-state index contributed by atoms with van der Waals surface area (Å²) in [5, 5.41) is 20.7. The molecule has 0 heterocycles. The van der Waals surface area contributed by atoms with E-state index in [0.29, 0.717) is 6.29 Å². The number of hydrogen-bond donors (Lipinski definition) is 1. The minimum Gasteiger partial charge on any atom is -0.386 e. The van der Waals surface area contributed by atoms with Crippen LogP contribution in [0.1, 0.15) is 45.4 Å². The number of hydrogen-bond acceptors (Lipinski definition) is 4. The van der Waals surface area contributed by atoms with Gasteiger partial charge in [0.2, 0.25) is 6.04 Å². The van der Waals surface area contributed by atoms with Crippen LogP contribution >= 0.6 is 0 Å². The van der Waals surface area contributed by atoms with Crippen LogP contribution in [0.4, 0.5) is 0 Å². The van der Waals surface area contributed by atoms with Crippen molar-refractivity contribution in [2.24, 2.45) is 0 Å². The number of carbonyl (C=O) groups excluding carboxylic acids is 1. The summed E-state index contributed by atoms with van der Waals surface area (Å²) in [6.07, 6.45) is 26.3. The maximum atomic E-state index is 10.9. The van der Waals surface area contributed by atoms with Crippen molar-refractivity contribution in [3.8, 4) is 0 Å². The Morgan fingerprint density at radius 2 is 1.44 bits per heavy atom. The molecule has 148 valence electrons. The highest BCUT2D eigenvalue weighted by Crippen LogP contribution is 2.10. The molecule has 0 fully saturated rings. The van der Waals surface area contributed by atoms with Crippen molar-refractivity contribution in [2.75, 3.05) is 0 Å². The fourth-order valence-corrected chi connectivity index (χ4v) is 2.16. The molecule has 0 aliphatic carbocycles. The number of aliphatic hydroxyl groups excluding tert-OH is 1. The minimum atomic E-state index is -1.11. The Bertz CT molecular complexity index is 571. The largest absolute Gasteiger partial charge is 0.386 e. The standard InChI is InChI=1S/C22H31NO4/c1-2-3-4-5-6-7-8-9-10-11-12-13-14-15-16-19-22(25)21(23(26)27)18-17-20-24/h3-4,6-7,9-16,20-22,25H,2,5,8,17-19H2,1H3/b4-3-,7-6-,10-9-,12-11-,14-13-,16-15-. The fraction of sp³-hybridized carbons (Fsp3) is 0.409. The first-order valence-electron chi connectivity index (χ1n) is 9.33. The number of carbonyl (C=O) groups is 1. The first-order chi connectivity index (χ1) is 13.1. The van der Waals surface area contributed by atoms with Gasteiger partial charge >= 0.3 is 0 Å². The number of aldehydes is 1. The van der Waals surface area contributed by atoms with Crippen LogP contribution in [0.25, 0.3) is 0 Å². The van der Waals surface area contributed by atoms with Crippen LogP contribution in [0.15, 0.2) is 72.9 Å².